The Labute approximate surface area is 149 Å². The van der Waals surface area contributed by atoms with Crippen molar-refractivity contribution in [3.63, 3.8) is 0 Å². The molecule has 0 radical (unpaired) electrons. The second-order valence-corrected chi connectivity index (χ2v) is 6.31. The van der Waals surface area contributed by atoms with Crippen LogP contribution < -0.4 is 16.0 Å². The fraction of sp³-hybridized carbons (Fsp3) is 0.389. The molecule has 0 unspecified atom stereocenters. The minimum atomic E-state index is -0.667. The van der Waals surface area contributed by atoms with E-state index in [0.717, 1.165) is 11.3 Å². The first kappa shape index (κ1) is 18.1. The van der Waals surface area contributed by atoms with Gasteiger partial charge in [0, 0.05) is 13.2 Å². The predicted molar refractivity (Wildman–Crippen MR) is 94.3 cm³/mol. The molecule has 3 rings (SSSR count). The van der Waals surface area contributed by atoms with E-state index in [-0.39, 0.29) is 30.0 Å². The average Bonchev–Trinajstić information content (AvgIpc) is 2.97. The molecule has 1 aromatic carbocycles. The van der Waals surface area contributed by atoms with E-state index in [1.807, 2.05) is 31.3 Å². The van der Waals surface area contributed by atoms with Crippen LogP contribution in [-0.2, 0) is 11.4 Å². The maximum absolute atomic E-state index is 12.0. The van der Waals surface area contributed by atoms with Crippen LogP contribution in [0.15, 0.2) is 40.1 Å². The van der Waals surface area contributed by atoms with Crippen molar-refractivity contribution in [3.05, 3.63) is 62.4 Å². The molecule has 8 nitrogen and oxygen atoms in total. The van der Waals surface area contributed by atoms with Crippen LogP contribution in [0.25, 0.3) is 0 Å². The van der Waals surface area contributed by atoms with Gasteiger partial charge in [-0.2, -0.15) is 5.06 Å². The second kappa shape index (κ2) is 7.27. The molecule has 1 saturated heterocycles. The Bertz CT molecular complexity index is 916. The smallest absolute Gasteiger partial charge is 0.328 e. The van der Waals surface area contributed by atoms with Gasteiger partial charge >= 0.3 is 5.69 Å². The molecule has 0 spiro atoms. The molecule has 1 aromatic heterocycles. The number of hydrogen-bond acceptors (Lipinski definition) is 6. The molecule has 0 aliphatic carbocycles. The first-order valence-electron chi connectivity index (χ1n) is 8.27. The molecule has 2 aromatic rings. The van der Waals surface area contributed by atoms with E-state index in [2.05, 4.69) is 4.98 Å². The summed E-state index contributed by atoms with van der Waals surface area (Å²) in [5.41, 5.74) is -0.185. The molecule has 1 N–H and O–H groups in total. The van der Waals surface area contributed by atoms with Gasteiger partial charge in [0.15, 0.2) is 5.78 Å². The number of carbonyl (C=O) groups excluding carboxylic acids is 1. The lowest BCUT2D eigenvalue weighted by Gasteiger charge is -2.18. The summed E-state index contributed by atoms with van der Waals surface area (Å²) < 4.78 is 6.49. The van der Waals surface area contributed by atoms with Gasteiger partial charge in [-0.05, 0) is 31.0 Å². The number of hydrogen-bond donors (Lipinski definition) is 1. The number of benzene rings is 1. The second-order valence-electron chi connectivity index (χ2n) is 6.31. The summed E-state index contributed by atoms with van der Waals surface area (Å²) in [4.78, 5) is 43.2. The van der Waals surface area contributed by atoms with Crippen molar-refractivity contribution in [1.29, 1.82) is 0 Å². The van der Waals surface area contributed by atoms with Gasteiger partial charge in [0.2, 0.25) is 0 Å². The Balaban J connectivity index is 1.78. The summed E-state index contributed by atoms with van der Waals surface area (Å²) >= 11 is 0. The zero-order valence-corrected chi connectivity index (χ0v) is 14.9. The Hall–Kier alpha value is -2.71. The van der Waals surface area contributed by atoms with Crippen molar-refractivity contribution in [2.45, 2.75) is 32.0 Å². The van der Waals surface area contributed by atoms with Gasteiger partial charge in [0.05, 0.1) is 31.4 Å². The van der Waals surface area contributed by atoms with E-state index in [9.17, 15) is 14.4 Å². The molecular formula is C18H21N3O5. The number of ketones is 1. The third-order valence-corrected chi connectivity index (χ3v) is 4.53. The molecule has 1 aliphatic rings. The van der Waals surface area contributed by atoms with Gasteiger partial charge in [-0.3, -0.25) is 24.0 Å². The quantitative estimate of drug-likeness (QED) is 0.804. The van der Waals surface area contributed by atoms with E-state index in [1.54, 1.807) is 12.2 Å². The highest BCUT2D eigenvalue weighted by Gasteiger charge is 2.32. The lowest BCUT2D eigenvalue weighted by atomic mass is 10.0. The van der Waals surface area contributed by atoms with Crippen LogP contribution in [0.4, 0.5) is 0 Å². The van der Waals surface area contributed by atoms with Crippen LogP contribution in [0.2, 0.25) is 0 Å². The van der Waals surface area contributed by atoms with Crippen LogP contribution in [-0.4, -0.2) is 40.7 Å². The number of methoxy groups -OCH3 is 1. The molecule has 0 amide bonds. The van der Waals surface area contributed by atoms with Gasteiger partial charge in [-0.15, -0.1) is 0 Å². The van der Waals surface area contributed by atoms with Crippen molar-refractivity contribution < 1.29 is 14.4 Å². The van der Waals surface area contributed by atoms with E-state index in [1.165, 1.54) is 17.7 Å². The Morgan fingerprint density at radius 2 is 2.00 bits per heavy atom. The first-order valence-corrected chi connectivity index (χ1v) is 8.27. The summed E-state index contributed by atoms with van der Waals surface area (Å²) in [6.45, 7) is 1.53. The molecule has 1 fully saturated rings. The highest BCUT2D eigenvalue weighted by molar-refractivity contribution is 5.93. The number of aromatic nitrogens is 2. The summed E-state index contributed by atoms with van der Waals surface area (Å²) in [6.07, 6.45) is 1.72. The first-order chi connectivity index (χ1) is 12.4. The van der Waals surface area contributed by atoms with Gasteiger partial charge in [0.25, 0.3) is 5.56 Å². The minimum absolute atomic E-state index is 0.0386. The topological polar surface area (TPSA) is 93.6 Å². The standard InChI is InChI=1S/C18H21N3O5/c1-11(22)15-10-21(18(24)19-17(15)23)9-14-8-16(20(2)26-14)12-4-6-13(25-3)7-5-12/h4-7,10,14,16H,8-9H2,1-3H3,(H,19,23,24)/t14-,16+/m1/s1. The van der Waals surface area contributed by atoms with E-state index >= 15 is 0 Å². The Morgan fingerprint density at radius 3 is 2.62 bits per heavy atom. The van der Waals surface area contributed by atoms with Crippen LogP contribution in [0.3, 0.4) is 0 Å². The highest BCUT2D eigenvalue weighted by atomic mass is 16.7. The van der Waals surface area contributed by atoms with Crippen LogP contribution in [0, 0.1) is 0 Å². The van der Waals surface area contributed by atoms with Gasteiger partial charge in [-0.1, -0.05) is 12.1 Å². The number of Topliss-reactive ketones (excluding diaryl/α,β-unsaturated/α-hetero) is 1. The summed E-state index contributed by atoms with van der Waals surface area (Å²) in [5, 5.41) is 1.76. The van der Waals surface area contributed by atoms with Gasteiger partial charge < -0.3 is 4.74 Å². The molecule has 8 heteroatoms. The van der Waals surface area contributed by atoms with E-state index in [4.69, 9.17) is 9.57 Å². The number of aromatic amines is 1. The largest absolute Gasteiger partial charge is 0.497 e. The van der Waals surface area contributed by atoms with E-state index < -0.39 is 11.2 Å². The van der Waals surface area contributed by atoms with Crippen LogP contribution in [0.1, 0.15) is 35.3 Å². The SMILES string of the molecule is COc1ccc([C@@H]2C[C@H](Cn3cc(C(C)=O)c(=O)[nH]c3=O)ON2C)cc1. The van der Waals surface area contributed by atoms with Crippen LogP contribution in [0.5, 0.6) is 5.75 Å². The average molecular weight is 359 g/mol. The normalized spacial score (nSPS) is 20.3. The summed E-state index contributed by atoms with van der Waals surface area (Å²) in [7, 11) is 3.46. The third kappa shape index (κ3) is 3.61. The molecule has 0 saturated carbocycles. The lowest BCUT2D eigenvalue weighted by Crippen LogP contribution is -2.35. The lowest BCUT2D eigenvalue weighted by molar-refractivity contribution is -0.147. The maximum atomic E-state index is 12.0. The van der Waals surface area contributed by atoms with Crippen LogP contribution >= 0.6 is 0 Å². The molecule has 2 heterocycles. The maximum Gasteiger partial charge on any atom is 0.328 e. The number of H-pyrrole nitrogens is 1. The summed E-state index contributed by atoms with van der Waals surface area (Å²) in [6, 6.07) is 7.78. The van der Waals surface area contributed by atoms with Gasteiger partial charge in [-0.25, -0.2) is 4.79 Å². The van der Waals surface area contributed by atoms with Crippen molar-refractivity contribution >= 4 is 5.78 Å². The zero-order chi connectivity index (χ0) is 18.8. The monoisotopic (exact) mass is 359 g/mol. The number of nitrogens with zero attached hydrogens (tertiary/aromatic N) is 2. The van der Waals surface area contributed by atoms with Crippen molar-refractivity contribution in [1.82, 2.24) is 14.6 Å². The molecule has 26 heavy (non-hydrogen) atoms. The van der Waals surface area contributed by atoms with Crippen molar-refractivity contribution in [2.75, 3.05) is 14.2 Å². The Morgan fingerprint density at radius 1 is 1.31 bits per heavy atom. The van der Waals surface area contributed by atoms with Gasteiger partial charge in [0.1, 0.15) is 5.75 Å². The number of carbonyl (C=O) groups is 1. The number of hydroxylamine groups is 2. The minimum Gasteiger partial charge on any atom is -0.497 e. The molecule has 2 atom stereocenters. The number of nitrogens with one attached hydrogen (secondary N) is 1. The zero-order valence-electron chi connectivity index (χ0n) is 14.9. The molecule has 0 bridgehead atoms. The fourth-order valence-electron chi connectivity index (χ4n) is 3.14. The molecule has 138 valence electrons. The summed E-state index contributed by atoms with van der Waals surface area (Å²) in [5.74, 6) is 0.393. The van der Waals surface area contributed by atoms with Crippen molar-refractivity contribution in [2.24, 2.45) is 0 Å². The third-order valence-electron chi connectivity index (χ3n) is 4.53. The van der Waals surface area contributed by atoms with E-state index in [0.29, 0.717) is 6.42 Å². The number of ether oxygens (including phenoxy) is 1. The highest BCUT2D eigenvalue weighted by Crippen LogP contribution is 2.33. The van der Waals surface area contributed by atoms with Crippen molar-refractivity contribution in [3.8, 4) is 5.75 Å². The fourth-order valence-corrected chi connectivity index (χ4v) is 3.14. The predicted octanol–water partition coefficient (Wildman–Crippen LogP) is 1.12. The Kier molecular flexibility index (Phi) is 5.06. The molecule has 1 aliphatic heterocycles. The molecular weight excluding hydrogens is 338 g/mol. The number of rotatable bonds is 5.